The molecule has 0 heterocycles. The summed E-state index contributed by atoms with van der Waals surface area (Å²) in [7, 11) is 0. The van der Waals surface area contributed by atoms with Gasteiger partial charge in [0.25, 0.3) is 0 Å². The van der Waals surface area contributed by atoms with Gasteiger partial charge in [0.1, 0.15) is 5.82 Å². The van der Waals surface area contributed by atoms with E-state index in [-0.39, 0.29) is 12.0 Å². The van der Waals surface area contributed by atoms with Gasteiger partial charge < -0.3 is 5.11 Å². The lowest BCUT2D eigenvalue weighted by Gasteiger charge is -2.00. The number of carboxylic acids is 1. The van der Waals surface area contributed by atoms with E-state index in [0.29, 0.717) is 5.56 Å². The molecule has 0 fully saturated rings. The molecule has 0 atom stereocenters. The fourth-order valence-corrected chi connectivity index (χ4v) is 1.03. The first kappa shape index (κ1) is 10.3. The minimum absolute atomic E-state index is 0.0827. The number of carboxylic acid groups (broad SMARTS) is 1. The van der Waals surface area contributed by atoms with Crippen LogP contribution in [0.2, 0.25) is 0 Å². The first-order chi connectivity index (χ1) is 6.65. The van der Waals surface area contributed by atoms with Crippen molar-refractivity contribution in [3.63, 3.8) is 0 Å². The standard InChI is InChI=1S/C11H9FO2/c1-2-3-4-8-7-9(11(13)14)5-6-10(8)12/h5-7H,4H2,1H3,(H,13,14). The highest BCUT2D eigenvalue weighted by Gasteiger charge is 2.06. The molecular formula is C11H9FO2. The summed E-state index contributed by atoms with van der Waals surface area (Å²) in [4.78, 5) is 10.6. The van der Waals surface area contributed by atoms with E-state index in [1.165, 1.54) is 12.1 Å². The fourth-order valence-electron chi connectivity index (χ4n) is 1.03. The number of benzene rings is 1. The van der Waals surface area contributed by atoms with Gasteiger partial charge in [-0.2, -0.15) is 0 Å². The van der Waals surface area contributed by atoms with Crippen LogP contribution in [0.4, 0.5) is 4.39 Å². The van der Waals surface area contributed by atoms with E-state index in [1.54, 1.807) is 6.92 Å². The van der Waals surface area contributed by atoms with Crippen LogP contribution in [0.3, 0.4) is 0 Å². The van der Waals surface area contributed by atoms with E-state index < -0.39 is 11.8 Å². The molecular weight excluding hydrogens is 183 g/mol. The highest BCUT2D eigenvalue weighted by Crippen LogP contribution is 2.11. The molecule has 1 rings (SSSR count). The molecule has 0 aliphatic carbocycles. The van der Waals surface area contributed by atoms with Gasteiger partial charge in [0.15, 0.2) is 0 Å². The molecule has 3 heteroatoms. The lowest BCUT2D eigenvalue weighted by atomic mass is 10.1. The zero-order valence-electron chi connectivity index (χ0n) is 7.67. The van der Waals surface area contributed by atoms with Crippen LogP contribution in [0.5, 0.6) is 0 Å². The van der Waals surface area contributed by atoms with Crippen LogP contribution in [-0.2, 0) is 6.42 Å². The van der Waals surface area contributed by atoms with Crippen molar-refractivity contribution in [1.82, 2.24) is 0 Å². The molecule has 2 nitrogen and oxygen atoms in total. The molecule has 0 amide bonds. The summed E-state index contributed by atoms with van der Waals surface area (Å²) in [5, 5.41) is 8.67. The van der Waals surface area contributed by atoms with Crippen molar-refractivity contribution < 1.29 is 14.3 Å². The average molecular weight is 192 g/mol. The number of hydrogen-bond donors (Lipinski definition) is 1. The summed E-state index contributed by atoms with van der Waals surface area (Å²) in [5.74, 6) is 3.84. The van der Waals surface area contributed by atoms with Crippen molar-refractivity contribution in [3.05, 3.63) is 35.1 Å². The molecule has 0 spiro atoms. The van der Waals surface area contributed by atoms with Crippen LogP contribution in [0.1, 0.15) is 22.8 Å². The molecule has 0 saturated heterocycles. The molecule has 14 heavy (non-hydrogen) atoms. The minimum Gasteiger partial charge on any atom is -0.478 e. The average Bonchev–Trinajstić information content (AvgIpc) is 2.16. The Bertz CT molecular complexity index is 413. The number of aromatic carboxylic acids is 1. The van der Waals surface area contributed by atoms with E-state index in [1.807, 2.05) is 0 Å². The SMILES string of the molecule is CC#CCc1cc(C(=O)O)ccc1F. The minimum atomic E-state index is -1.06. The van der Waals surface area contributed by atoms with Crippen LogP contribution < -0.4 is 0 Å². The predicted octanol–water partition coefficient (Wildman–Crippen LogP) is 2.09. The first-order valence-corrected chi connectivity index (χ1v) is 4.06. The third-order valence-corrected chi connectivity index (χ3v) is 1.75. The number of rotatable bonds is 2. The second-order valence-corrected chi connectivity index (χ2v) is 2.71. The second kappa shape index (κ2) is 4.43. The largest absolute Gasteiger partial charge is 0.478 e. The van der Waals surface area contributed by atoms with Gasteiger partial charge in [-0.25, -0.2) is 9.18 Å². The number of halogens is 1. The summed E-state index contributed by atoms with van der Waals surface area (Å²) < 4.78 is 13.1. The molecule has 0 aromatic heterocycles. The van der Waals surface area contributed by atoms with Gasteiger partial charge in [-0.15, -0.1) is 5.92 Å². The Balaban J connectivity index is 3.06. The first-order valence-electron chi connectivity index (χ1n) is 4.06. The van der Waals surface area contributed by atoms with Crippen LogP contribution in [-0.4, -0.2) is 11.1 Å². The molecule has 0 bridgehead atoms. The van der Waals surface area contributed by atoms with Gasteiger partial charge in [0, 0.05) is 12.0 Å². The number of hydrogen-bond acceptors (Lipinski definition) is 1. The zero-order chi connectivity index (χ0) is 10.6. The van der Waals surface area contributed by atoms with E-state index in [9.17, 15) is 9.18 Å². The maximum absolute atomic E-state index is 13.1. The molecule has 72 valence electrons. The highest BCUT2D eigenvalue weighted by molar-refractivity contribution is 5.87. The van der Waals surface area contributed by atoms with E-state index in [2.05, 4.69) is 11.8 Å². The Morgan fingerprint density at radius 1 is 1.57 bits per heavy atom. The Morgan fingerprint density at radius 2 is 2.29 bits per heavy atom. The summed E-state index contributed by atoms with van der Waals surface area (Å²) in [6, 6.07) is 3.69. The second-order valence-electron chi connectivity index (χ2n) is 2.71. The Labute approximate surface area is 81.4 Å². The monoisotopic (exact) mass is 192 g/mol. The maximum Gasteiger partial charge on any atom is 0.335 e. The highest BCUT2D eigenvalue weighted by atomic mass is 19.1. The zero-order valence-corrected chi connectivity index (χ0v) is 7.67. The van der Waals surface area contributed by atoms with E-state index >= 15 is 0 Å². The third-order valence-electron chi connectivity index (χ3n) is 1.75. The van der Waals surface area contributed by atoms with Crippen LogP contribution >= 0.6 is 0 Å². The Kier molecular flexibility index (Phi) is 3.24. The van der Waals surface area contributed by atoms with Gasteiger partial charge in [0.2, 0.25) is 0 Å². The lowest BCUT2D eigenvalue weighted by molar-refractivity contribution is 0.0696. The molecule has 0 unspecified atom stereocenters. The van der Waals surface area contributed by atoms with E-state index in [0.717, 1.165) is 6.07 Å². The summed E-state index contributed by atoms with van der Waals surface area (Å²) >= 11 is 0. The fraction of sp³-hybridized carbons (Fsp3) is 0.182. The number of carbonyl (C=O) groups is 1. The van der Waals surface area contributed by atoms with Crippen molar-refractivity contribution in [3.8, 4) is 11.8 Å². The quantitative estimate of drug-likeness (QED) is 0.728. The van der Waals surface area contributed by atoms with Crippen LogP contribution in [0.15, 0.2) is 18.2 Å². The molecule has 1 aromatic carbocycles. The molecule has 0 saturated carbocycles. The van der Waals surface area contributed by atoms with Crippen LogP contribution in [0.25, 0.3) is 0 Å². The van der Waals surface area contributed by atoms with Crippen molar-refractivity contribution >= 4 is 5.97 Å². The van der Waals surface area contributed by atoms with Gasteiger partial charge >= 0.3 is 5.97 Å². The Morgan fingerprint density at radius 3 is 2.86 bits per heavy atom. The molecule has 1 N–H and O–H groups in total. The van der Waals surface area contributed by atoms with Crippen molar-refractivity contribution in [2.45, 2.75) is 13.3 Å². The third kappa shape index (κ3) is 2.33. The summed E-state index contributed by atoms with van der Waals surface area (Å²) in [5.41, 5.74) is 0.401. The van der Waals surface area contributed by atoms with Crippen molar-refractivity contribution in [2.24, 2.45) is 0 Å². The summed E-state index contributed by atoms with van der Waals surface area (Å²) in [6.07, 6.45) is 0.240. The normalized spacial score (nSPS) is 9.00. The Hall–Kier alpha value is -1.82. The summed E-state index contributed by atoms with van der Waals surface area (Å²) in [6.45, 7) is 1.65. The van der Waals surface area contributed by atoms with Crippen LogP contribution in [0, 0.1) is 17.7 Å². The van der Waals surface area contributed by atoms with E-state index in [4.69, 9.17) is 5.11 Å². The smallest absolute Gasteiger partial charge is 0.335 e. The predicted molar refractivity (Wildman–Crippen MR) is 50.5 cm³/mol. The molecule has 0 aliphatic rings. The van der Waals surface area contributed by atoms with Crippen molar-refractivity contribution in [2.75, 3.05) is 0 Å². The molecule has 1 aromatic rings. The topological polar surface area (TPSA) is 37.3 Å². The maximum atomic E-state index is 13.1. The van der Waals surface area contributed by atoms with Gasteiger partial charge in [-0.05, 0) is 25.1 Å². The lowest BCUT2D eigenvalue weighted by Crippen LogP contribution is -1.99. The molecule has 0 aliphatic heterocycles. The van der Waals surface area contributed by atoms with Gasteiger partial charge in [-0.1, -0.05) is 5.92 Å². The van der Waals surface area contributed by atoms with Crippen molar-refractivity contribution in [1.29, 1.82) is 0 Å². The van der Waals surface area contributed by atoms with Gasteiger partial charge in [0.05, 0.1) is 5.56 Å². The molecule has 0 radical (unpaired) electrons. The van der Waals surface area contributed by atoms with Gasteiger partial charge in [-0.3, -0.25) is 0 Å².